The third-order valence-corrected chi connectivity index (χ3v) is 5.11. The number of anilines is 2. The third-order valence-electron chi connectivity index (χ3n) is 4.26. The fraction of sp³-hybridized carbons (Fsp3) is 0.368. The Kier molecular flexibility index (Phi) is 6.11. The van der Waals surface area contributed by atoms with Crippen molar-refractivity contribution in [3.63, 3.8) is 0 Å². The summed E-state index contributed by atoms with van der Waals surface area (Å²) in [7, 11) is 0. The van der Waals surface area contributed by atoms with Crippen LogP contribution < -0.4 is 15.5 Å². The van der Waals surface area contributed by atoms with Gasteiger partial charge in [0.05, 0.1) is 12.7 Å². The molecular formula is C19H23BrN4O2. The second kappa shape index (κ2) is 8.51. The lowest BCUT2D eigenvalue weighted by Crippen LogP contribution is -2.41. The number of benzene rings is 1. The van der Waals surface area contributed by atoms with E-state index < -0.39 is 0 Å². The molecule has 0 bridgehead atoms. The molecule has 0 saturated carbocycles. The van der Waals surface area contributed by atoms with Crippen LogP contribution in [-0.4, -0.2) is 36.8 Å². The smallest absolute Gasteiger partial charge is 0.319 e. The third kappa shape index (κ3) is 4.95. The van der Waals surface area contributed by atoms with Gasteiger partial charge in [0.1, 0.15) is 5.82 Å². The molecule has 1 saturated heterocycles. The van der Waals surface area contributed by atoms with Gasteiger partial charge in [0, 0.05) is 36.0 Å². The summed E-state index contributed by atoms with van der Waals surface area (Å²) in [6.07, 6.45) is 2.02. The van der Waals surface area contributed by atoms with Gasteiger partial charge in [0.2, 0.25) is 0 Å². The largest absolute Gasteiger partial charge is 0.375 e. The number of carbonyl (C=O) groups excluding carboxylic acids is 1. The number of hydrogen-bond acceptors (Lipinski definition) is 4. The number of nitrogens with zero attached hydrogens (tertiary/aromatic N) is 2. The lowest BCUT2D eigenvalue weighted by Gasteiger charge is -2.32. The minimum absolute atomic E-state index is 0.220. The van der Waals surface area contributed by atoms with Crippen LogP contribution in [0.15, 0.2) is 41.0 Å². The summed E-state index contributed by atoms with van der Waals surface area (Å²) < 4.78 is 6.52. The number of amides is 2. The van der Waals surface area contributed by atoms with Gasteiger partial charge in [-0.05, 0) is 43.2 Å². The van der Waals surface area contributed by atoms with Crippen LogP contribution in [0.25, 0.3) is 0 Å². The van der Waals surface area contributed by atoms with E-state index in [1.807, 2.05) is 37.3 Å². The molecule has 0 spiro atoms. The average molecular weight is 419 g/mol. The van der Waals surface area contributed by atoms with Crippen LogP contribution in [0.2, 0.25) is 0 Å². The molecule has 2 heterocycles. The van der Waals surface area contributed by atoms with Crippen LogP contribution in [0.4, 0.5) is 16.3 Å². The number of rotatable bonds is 4. The Bertz CT molecular complexity index is 767. The molecule has 1 aliphatic heterocycles. The zero-order valence-corrected chi connectivity index (χ0v) is 16.5. The van der Waals surface area contributed by atoms with Crippen molar-refractivity contribution in [2.24, 2.45) is 0 Å². The van der Waals surface area contributed by atoms with Crippen LogP contribution in [0, 0.1) is 6.92 Å². The minimum Gasteiger partial charge on any atom is -0.375 e. The Morgan fingerprint density at radius 1 is 1.38 bits per heavy atom. The number of urea groups is 1. The maximum atomic E-state index is 12.1. The molecule has 1 aliphatic rings. The van der Waals surface area contributed by atoms with Crippen molar-refractivity contribution in [1.82, 2.24) is 10.3 Å². The Morgan fingerprint density at radius 2 is 2.23 bits per heavy atom. The first kappa shape index (κ1) is 18.7. The fourth-order valence-corrected chi connectivity index (χ4v) is 3.14. The maximum Gasteiger partial charge on any atom is 0.319 e. The molecule has 7 heteroatoms. The first-order valence-corrected chi connectivity index (χ1v) is 9.43. The molecule has 1 aromatic carbocycles. The molecule has 138 valence electrons. The van der Waals surface area contributed by atoms with E-state index in [2.05, 4.69) is 43.4 Å². The van der Waals surface area contributed by atoms with E-state index in [0.29, 0.717) is 6.54 Å². The lowest BCUT2D eigenvalue weighted by molar-refractivity contribution is 0.0529. The second-order valence-electron chi connectivity index (χ2n) is 6.42. The summed E-state index contributed by atoms with van der Waals surface area (Å²) in [5.41, 5.74) is 2.82. The number of halogens is 1. The van der Waals surface area contributed by atoms with E-state index in [1.165, 1.54) is 0 Å². The number of nitrogens with one attached hydrogen (secondary N) is 2. The summed E-state index contributed by atoms with van der Waals surface area (Å²) in [6, 6.07) is 9.45. The normalized spacial score (nSPS) is 17.0. The molecule has 1 aromatic heterocycles. The van der Waals surface area contributed by atoms with Crippen LogP contribution in [0.1, 0.15) is 18.1 Å². The monoisotopic (exact) mass is 418 g/mol. The van der Waals surface area contributed by atoms with Crippen molar-refractivity contribution in [3.8, 4) is 0 Å². The number of pyridine rings is 1. The van der Waals surface area contributed by atoms with Gasteiger partial charge in [0.15, 0.2) is 0 Å². The zero-order valence-electron chi connectivity index (χ0n) is 15.0. The first-order valence-electron chi connectivity index (χ1n) is 8.64. The van der Waals surface area contributed by atoms with E-state index in [4.69, 9.17) is 4.74 Å². The zero-order chi connectivity index (χ0) is 18.5. The standard InChI is InChI=1S/C19H23BrN4O2/c1-13-3-5-16(9-17(13)20)23-19(25)22-11-15-4-6-18(21-10-15)24-7-8-26-14(2)12-24/h3-6,9-10,14H,7-8,11-12H2,1-2H3,(H2,22,23,25). The molecule has 2 amide bonds. The molecule has 1 fully saturated rings. The van der Waals surface area contributed by atoms with Gasteiger partial charge in [-0.2, -0.15) is 0 Å². The quantitative estimate of drug-likeness (QED) is 0.793. The topological polar surface area (TPSA) is 66.5 Å². The SMILES string of the molecule is Cc1ccc(NC(=O)NCc2ccc(N3CCOC(C)C3)nc2)cc1Br. The molecule has 3 rings (SSSR count). The van der Waals surface area contributed by atoms with Crippen molar-refractivity contribution < 1.29 is 9.53 Å². The molecule has 6 nitrogen and oxygen atoms in total. The van der Waals surface area contributed by atoms with E-state index in [-0.39, 0.29) is 12.1 Å². The molecule has 1 unspecified atom stereocenters. The van der Waals surface area contributed by atoms with Gasteiger partial charge in [-0.25, -0.2) is 9.78 Å². The number of hydrogen-bond donors (Lipinski definition) is 2. The number of aryl methyl sites for hydroxylation is 1. The summed E-state index contributed by atoms with van der Waals surface area (Å²) >= 11 is 3.46. The van der Waals surface area contributed by atoms with Gasteiger partial charge < -0.3 is 20.3 Å². The predicted molar refractivity (Wildman–Crippen MR) is 107 cm³/mol. The second-order valence-corrected chi connectivity index (χ2v) is 7.28. The van der Waals surface area contributed by atoms with Crippen LogP contribution >= 0.6 is 15.9 Å². The van der Waals surface area contributed by atoms with Crippen molar-refractivity contribution in [2.75, 3.05) is 29.9 Å². The highest BCUT2D eigenvalue weighted by Gasteiger charge is 2.17. The van der Waals surface area contributed by atoms with Gasteiger partial charge in [-0.15, -0.1) is 0 Å². The van der Waals surface area contributed by atoms with Crippen molar-refractivity contribution in [3.05, 3.63) is 52.1 Å². The summed E-state index contributed by atoms with van der Waals surface area (Å²) in [6.45, 7) is 6.91. The van der Waals surface area contributed by atoms with Crippen LogP contribution in [0.3, 0.4) is 0 Å². The average Bonchev–Trinajstić information content (AvgIpc) is 2.63. The van der Waals surface area contributed by atoms with Crippen molar-refractivity contribution in [1.29, 1.82) is 0 Å². The van der Waals surface area contributed by atoms with E-state index >= 15 is 0 Å². The van der Waals surface area contributed by atoms with Crippen LogP contribution in [0.5, 0.6) is 0 Å². The lowest BCUT2D eigenvalue weighted by atomic mass is 10.2. The van der Waals surface area contributed by atoms with Crippen LogP contribution in [-0.2, 0) is 11.3 Å². The number of morpholine rings is 1. The summed E-state index contributed by atoms with van der Waals surface area (Å²) in [5, 5.41) is 5.67. The molecule has 0 aliphatic carbocycles. The highest BCUT2D eigenvalue weighted by atomic mass is 79.9. The Hall–Kier alpha value is -2.12. The number of aromatic nitrogens is 1. The Labute approximate surface area is 162 Å². The van der Waals surface area contributed by atoms with E-state index in [0.717, 1.165) is 46.8 Å². The molecule has 0 radical (unpaired) electrons. The number of ether oxygens (including phenoxy) is 1. The molecule has 2 N–H and O–H groups in total. The summed E-state index contributed by atoms with van der Waals surface area (Å²) in [5.74, 6) is 0.942. The number of carbonyl (C=O) groups is 1. The van der Waals surface area contributed by atoms with E-state index in [9.17, 15) is 4.79 Å². The Morgan fingerprint density at radius 3 is 2.92 bits per heavy atom. The molecule has 26 heavy (non-hydrogen) atoms. The minimum atomic E-state index is -0.244. The van der Waals surface area contributed by atoms with Gasteiger partial charge in [-0.1, -0.05) is 28.1 Å². The van der Waals surface area contributed by atoms with Gasteiger partial charge in [0.25, 0.3) is 0 Å². The van der Waals surface area contributed by atoms with E-state index in [1.54, 1.807) is 6.20 Å². The predicted octanol–water partition coefficient (Wildman–Crippen LogP) is 3.70. The Balaban J connectivity index is 1.51. The highest BCUT2D eigenvalue weighted by molar-refractivity contribution is 9.10. The molecular weight excluding hydrogens is 396 g/mol. The maximum absolute atomic E-state index is 12.1. The molecule has 1 atom stereocenters. The van der Waals surface area contributed by atoms with Gasteiger partial charge >= 0.3 is 6.03 Å². The molecule has 2 aromatic rings. The first-order chi connectivity index (χ1) is 12.5. The highest BCUT2D eigenvalue weighted by Crippen LogP contribution is 2.20. The van der Waals surface area contributed by atoms with Gasteiger partial charge in [-0.3, -0.25) is 0 Å². The van der Waals surface area contributed by atoms with Crippen molar-refractivity contribution >= 4 is 33.5 Å². The fourth-order valence-electron chi connectivity index (χ4n) is 2.76. The van der Waals surface area contributed by atoms with Crippen molar-refractivity contribution in [2.45, 2.75) is 26.5 Å². The summed E-state index contributed by atoms with van der Waals surface area (Å²) in [4.78, 5) is 18.8.